The van der Waals surface area contributed by atoms with Gasteiger partial charge in [-0.3, -0.25) is 24.6 Å². The summed E-state index contributed by atoms with van der Waals surface area (Å²) in [6.45, 7) is 12.1. The van der Waals surface area contributed by atoms with E-state index in [2.05, 4.69) is 46.4 Å². The van der Waals surface area contributed by atoms with Gasteiger partial charge in [-0.15, -0.1) is 11.8 Å². The maximum Gasteiger partial charge on any atom is 0.255 e. The van der Waals surface area contributed by atoms with Crippen LogP contribution in [0.5, 0.6) is 0 Å². The lowest BCUT2D eigenvalue weighted by Crippen LogP contribution is -2.52. The van der Waals surface area contributed by atoms with Crippen LogP contribution >= 0.6 is 11.8 Å². The van der Waals surface area contributed by atoms with Crippen molar-refractivity contribution in [1.29, 1.82) is 0 Å². The standard InChI is InChI=1S/C44H50F2N10O3S/c1-27(2)56-28(3)49-41-33(45)21-30(22-36(41)56)40-34(46)24-48-44(52-40)50-38-13-11-29(23-47-38)25-54-18-16-53(17-19-54)15-6-4-5-7-20-60-37-10-8-9-31-32(37)26-55(43(31)59)35-12-14-39(57)51-42(35)58/h8-11,13,21-24,27,35H,4-7,12,14-20,25-26H2,1-3H3,(H,51,57,58)(H,47,48,50,52). The molecule has 5 aromatic rings. The van der Waals surface area contributed by atoms with E-state index in [0.29, 0.717) is 41.3 Å². The maximum absolute atomic E-state index is 15.1. The Morgan fingerprint density at radius 2 is 1.72 bits per heavy atom. The van der Waals surface area contributed by atoms with Gasteiger partial charge in [-0.1, -0.05) is 25.0 Å². The molecule has 3 aliphatic rings. The summed E-state index contributed by atoms with van der Waals surface area (Å²) in [5.74, 6) is 0.355. The first kappa shape index (κ1) is 41.4. The van der Waals surface area contributed by atoms with Crippen molar-refractivity contribution in [2.24, 2.45) is 0 Å². The molecule has 0 spiro atoms. The van der Waals surface area contributed by atoms with Crippen LogP contribution < -0.4 is 10.6 Å². The number of unbranched alkanes of at least 4 members (excludes halogenated alkanes) is 3. The predicted molar refractivity (Wildman–Crippen MR) is 227 cm³/mol. The summed E-state index contributed by atoms with van der Waals surface area (Å²) in [6.07, 6.45) is 8.11. The molecule has 314 valence electrons. The first-order valence-corrected chi connectivity index (χ1v) is 21.8. The van der Waals surface area contributed by atoms with E-state index in [1.807, 2.05) is 55.8 Å². The number of pyridine rings is 1. The van der Waals surface area contributed by atoms with E-state index in [0.717, 1.165) is 86.5 Å². The summed E-state index contributed by atoms with van der Waals surface area (Å²) in [7, 11) is 0. The van der Waals surface area contributed by atoms with Crippen LogP contribution in [-0.2, 0) is 22.7 Å². The second kappa shape index (κ2) is 18.1. The SMILES string of the molecule is Cc1nc2c(F)cc(-c3nc(Nc4ccc(CN5CCN(CCCCCCSc6cccc7c6CN(C6CCC(=O)NC6=O)C7=O)CC5)cn4)ncc3F)cc2n1C(C)C. The van der Waals surface area contributed by atoms with Crippen molar-refractivity contribution in [1.82, 2.24) is 44.5 Å². The van der Waals surface area contributed by atoms with E-state index in [1.54, 1.807) is 22.7 Å². The van der Waals surface area contributed by atoms with Crippen LogP contribution in [0.3, 0.4) is 0 Å². The van der Waals surface area contributed by atoms with Crippen LogP contribution in [-0.4, -0.2) is 101 Å². The molecule has 1 unspecified atom stereocenters. The van der Waals surface area contributed by atoms with Gasteiger partial charge in [0.15, 0.2) is 11.6 Å². The van der Waals surface area contributed by atoms with Gasteiger partial charge < -0.3 is 19.7 Å². The third-order valence-electron chi connectivity index (χ3n) is 11.6. The second-order valence-electron chi connectivity index (χ2n) is 16.1. The first-order chi connectivity index (χ1) is 29.0. The Kier molecular flexibility index (Phi) is 12.5. The van der Waals surface area contributed by atoms with Crippen molar-refractivity contribution in [2.75, 3.05) is 43.8 Å². The smallest absolute Gasteiger partial charge is 0.255 e. The minimum absolute atomic E-state index is 0.0109. The number of carbonyl (C=O) groups excluding carboxylic acids is 3. The monoisotopic (exact) mass is 836 g/mol. The van der Waals surface area contributed by atoms with Crippen LogP contribution in [0.15, 0.2) is 59.8 Å². The third kappa shape index (κ3) is 9.05. The van der Waals surface area contributed by atoms with Crippen LogP contribution in [0.25, 0.3) is 22.3 Å². The number of aromatic nitrogens is 5. The van der Waals surface area contributed by atoms with E-state index in [1.165, 1.54) is 12.5 Å². The molecule has 60 heavy (non-hydrogen) atoms. The van der Waals surface area contributed by atoms with Gasteiger partial charge in [0.2, 0.25) is 17.8 Å². The number of thioether (sulfide) groups is 1. The van der Waals surface area contributed by atoms with Crippen molar-refractivity contribution >= 4 is 52.3 Å². The highest BCUT2D eigenvalue weighted by Crippen LogP contribution is 2.35. The predicted octanol–water partition coefficient (Wildman–Crippen LogP) is 7.03. The minimum atomic E-state index is -0.655. The summed E-state index contributed by atoms with van der Waals surface area (Å²) in [5.41, 5.74) is 3.87. The number of nitrogens with zero attached hydrogens (tertiary/aromatic N) is 8. The van der Waals surface area contributed by atoms with Crippen molar-refractivity contribution < 1.29 is 23.2 Å². The highest BCUT2D eigenvalue weighted by molar-refractivity contribution is 7.99. The average Bonchev–Trinajstić information content (AvgIpc) is 3.76. The molecule has 13 nitrogen and oxygen atoms in total. The zero-order valence-electron chi connectivity index (χ0n) is 34.2. The highest BCUT2D eigenvalue weighted by atomic mass is 32.2. The fourth-order valence-electron chi connectivity index (χ4n) is 8.49. The summed E-state index contributed by atoms with van der Waals surface area (Å²) >= 11 is 1.78. The molecular weight excluding hydrogens is 787 g/mol. The molecule has 0 radical (unpaired) electrons. The van der Waals surface area contributed by atoms with Crippen molar-refractivity contribution in [2.45, 2.75) is 89.4 Å². The Hall–Kier alpha value is -5.32. The number of imide groups is 1. The molecule has 3 aromatic heterocycles. The molecule has 16 heteroatoms. The number of amides is 3. The first-order valence-electron chi connectivity index (χ1n) is 20.8. The Balaban J connectivity index is 0.744. The van der Waals surface area contributed by atoms with E-state index in [-0.39, 0.29) is 47.3 Å². The number of benzene rings is 2. The largest absolute Gasteiger partial charge is 0.326 e. The van der Waals surface area contributed by atoms with Gasteiger partial charge >= 0.3 is 0 Å². The Morgan fingerprint density at radius 1 is 0.917 bits per heavy atom. The van der Waals surface area contributed by atoms with Crippen molar-refractivity contribution in [3.63, 3.8) is 0 Å². The number of fused-ring (bicyclic) bond motifs is 2. The maximum atomic E-state index is 15.1. The summed E-state index contributed by atoms with van der Waals surface area (Å²) in [4.78, 5) is 62.3. The number of hydrogen-bond donors (Lipinski definition) is 2. The number of halogens is 2. The molecule has 0 aliphatic carbocycles. The molecule has 1 atom stereocenters. The van der Waals surface area contributed by atoms with Crippen LogP contribution in [0.2, 0.25) is 0 Å². The number of anilines is 2. The third-order valence-corrected chi connectivity index (χ3v) is 12.7. The lowest BCUT2D eigenvalue weighted by molar-refractivity contribution is -0.136. The molecule has 6 heterocycles. The summed E-state index contributed by atoms with van der Waals surface area (Å²) in [6, 6.07) is 12.1. The molecular formula is C44H50F2N10O3S. The number of imidazole rings is 1. The topological polar surface area (TPSA) is 141 Å². The van der Waals surface area contributed by atoms with E-state index < -0.39 is 17.7 Å². The van der Waals surface area contributed by atoms with E-state index in [9.17, 15) is 14.4 Å². The lowest BCUT2D eigenvalue weighted by atomic mass is 10.0. The number of piperazine rings is 1. The number of hydrogen-bond acceptors (Lipinski definition) is 11. The van der Waals surface area contributed by atoms with Gasteiger partial charge in [0.1, 0.15) is 28.9 Å². The normalized spacial score (nSPS) is 17.5. The number of carbonyl (C=O) groups is 3. The second-order valence-corrected chi connectivity index (χ2v) is 17.2. The fourth-order valence-corrected chi connectivity index (χ4v) is 9.58. The van der Waals surface area contributed by atoms with Gasteiger partial charge in [0, 0.05) is 74.0 Å². The van der Waals surface area contributed by atoms with Gasteiger partial charge in [-0.05, 0) is 93.8 Å². The molecule has 8 rings (SSSR count). The quantitative estimate of drug-likeness (QED) is 0.0638. The number of aryl methyl sites for hydroxylation is 1. The van der Waals surface area contributed by atoms with Crippen molar-refractivity contribution in [3.05, 3.63) is 89.0 Å². The molecule has 3 aliphatic heterocycles. The Labute approximate surface area is 352 Å². The van der Waals surface area contributed by atoms with Gasteiger partial charge in [-0.2, -0.15) is 0 Å². The minimum Gasteiger partial charge on any atom is -0.326 e. The zero-order valence-corrected chi connectivity index (χ0v) is 35.0. The molecule has 2 saturated heterocycles. The average molecular weight is 837 g/mol. The van der Waals surface area contributed by atoms with E-state index >= 15 is 8.78 Å². The van der Waals surface area contributed by atoms with Crippen molar-refractivity contribution in [3.8, 4) is 11.3 Å². The van der Waals surface area contributed by atoms with Crippen LogP contribution in [0.1, 0.15) is 85.7 Å². The number of nitrogens with one attached hydrogen (secondary N) is 2. The molecule has 0 bridgehead atoms. The van der Waals surface area contributed by atoms with Gasteiger partial charge in [0.25, 0.3) is 5.91 Å². The summed E-state index contributed by atoms with van der Waals surface area (Å²) in [5, 5.41) is 5.44. The Bertz CT molecular complexity index is 2400. The number of piperidine rings is 1. The molecule has 2 fully saturated rings. The number of rotatable bonds is 15. The lowest BCUT2D eigenvalue weighted by Gasteiger charge is -2.34. The molecule has 2 aromatic carbocycles. The zero-order chi connectivity index (χ0) is 41.9. The van der Waals surface area contributed by atoms with Crippen LogP contribution in [0, 0.1) is 18.6 Å². The Morgan fingerprint density at radius 3 is 2.48 bits per heavy atom. The molecule has 0 saturated carbocycles. The molecule has 2 N–H and O–H groups in total. The highest BCUT2D eigenvalue weighted by Gasteiger charge is 2.39. The van der Waals surface area contributed by atoms with E-state index in [4.69, 9.17) is 0 Å². The summed E-state index contributed by atoms with van der Waals surface area (Å²) < 4.78 is 32.1. The fraction of sp³-hybridized carbons (Fsp3) is 0.432. The van der Waals surface area contributed by atoms with Gasteiger partial charge in [0.05, 0.1) is 11.7 Å². The van der Waals surface area contributed by atoms with Gasteiger partial charge in [-0.25, -0.2) is 28.7 Å². The molecule has 3 amide bonds. The van der Waals surface area contributed by atoms with Crippen LogP contribution in [0.4, 0.5) is 20.5 Å².